The van der Waals surface area contributed by atoms with Gasteiger partial charge in [0.15, 0.2) is 5.78 Å². The van der Waals surface area contributed by atoms with E-state index >= 15 is 0 Å². The predicted octanol–water partition coefficient (Wildman–Crippen LogP) is 3.45. The van der Waals surface area contributed by atoms with Gasteiger partial charge in [-0.25, -0.2) is 0 Å². The van der Waals surface area contributed by atoms with Crippen molar-refractivity contribution < 1.29 is 14.7 Å². The average Bonchev–Trinajstić information content (AvgIpc) is 2.49. The van der Waals surface area contributed by atoms with Gasteiger partial charge in [-0.1, -0.05) is 30.8 Å². The summed E-state index contributed by atoms with van der Waals surface area (Å²) in [6, 6.07) is 11.0. The molecule has 0 saturated heterocycles. The second-order valence-electron chi connectivity index (χ2n) is 4.47. The summed E-state index contributed by atoms with van der Waals surface area (Å²) in [6.45, 7) is 1.81. The standard InChI is InChI=1S/C16H15NO3S/c1-2-15(18)14-8-7-13(10-17-14)21-12-5-3-11(4-6-12)9-16(19)20/h3-8,10H,2,9H2,1H3,(H,19,20). The lowest BCUT2D eigenvalue weighted by molar-refractivity contribution is -0.136. The lowest BCUT2D eigenvalue weighted by atomic mass is 10.2. The van der Waals surface area contributed by atoms with Crippen LogP contribution in [0.1, 0.15) is 29.4 Å². The molecule has 5 heteroatoms. The normalized spacial score (nSPS) is 10.3. The van der Waals surface area contributed by atoms with E-state index < -0.39 is 5.97 Å². The van der Waals surface area contributed by atoms with E-state index in [0.717, 1.165) is 15.4 Å². The van der Waals surface area contributed by atoms with Gasteiger partial charge in [-0.2, -0.15) is 0 Å². The van der Waals surface area contributed by atoms with Gasteiger partial charge in [-0.05, 0) is 29.8 Å². The van der Waals surface area contributed by atoms with E-state index in [1.165, 1.54) is 11.8 Å². The van der Waals surface area contributed by atoms with Gasteiger partial charge in [-0.3, -0.25) is 14.6 Å². The lowest BCUT2D eigenvalue weighted by Gasteiger charge is -2.04. The number of benzene rings is 1. The molecule has 0 amide bonds. The number of ketones is 1. The predicted molar refractivity (Wildman–Crippen MR) is 80.8 cm³/mol. The van der Waals surface area contributed by atoms with E-state index in [1.54, 1.807) is 24.4 Å². The number of hydrogen-bond acceptors (Lipinski definition) is 4. The number of Topliss-reactive ketones (excluding diaryl/α,β-unsaturated/α-hetero) is 1. The van der Waals surface area contributed by atoms with Gasteiger partial charge in [0.2, 0.25) is 0 Å². The first-order valence-electron chi connectivity index (χ1n) is 6.56. The molecule has 0 bridgehead atoms. The monoisotopic (exact) mass is 301 g/mol. The third kappa shape index (κ3) is 4.43. The molecular formula is C16H15NO3S. The van der Waals surface area contributed by atoms with Crippen LogP contribution in [-0.4, -0.2) is 21.8 Å². The Morgan fingerprint density at radius 3 is 2.29 bits per heavy atom. The number of aromatic nitrogens is 1. The van der Waals surface area contributed by atoms with Gasteiger partial charge in [-0.15, -0.1) is 0 Å². The number of nitrogens with zero attached hydrogens (tertiary/aromatic N) is 1. The highest BCUT2D eigenvalue weighted by molar-refractivity contribution is 7.99. The van der Waals surface area contributed by atoms with Crippen molar-refractivity contribution in [1.82, 2.24) is 4.98 Å². The molecule has 2 aromatic rings. The van der Waals surface area contributed by atoms with Gasteiger partial charge in [0.25, 0.3) is 0 Å². The first kappa shape index (κ1) is 15.3. The number of pyridine rings is 1. The van der Waals surface area contributed by atoms with Crippen LogP contribution in [0.15, 0.2) is 52.4 Å². The summed E-state index contributed by atoms with van der Waals surface area (Å²) in [5.74, 6) is -0.805. The summed E-state index contributed by atoms with van der Waals surface area (Å²) in [7, 11) is 0. The summed E-state index contributed by atoms with van der Waals surface area (Å²) in [6.07, 6.45) is 2.16. The molecule has 2 rings (SSSR count). The number of carboxylic acids is 1. The molecule has 0 atom stereocenters. The van der Waals surface area contributed by atoms with Crippen LogP contribution >= 0.6 is 11.8 Å². The molecule has 0 aliphatic rings. The fourth-order valence-electron chi connectivity index (χ4n) is 1.77. The quantitative estimate of drug-likeness (QED) is 0.828. The minimum Gasteiger partial charge on any atom is -0.481 e. The van der Waals surface area contributed by atoms with Crippen molar-refractivity contribution in [2.75, 3.05) is 0 Å². The Kier molecular flexibility index (Phi) is 5.11. The SMILES string of the molecule is CCC(=O)c1ccc(Sc2ccc(CC(=O)O)cc2)cn1. The smallest absolute Gasteiger partial charge is 0.307 e. The van der Waals surface area contributed by atoms with E-state index in [1.807, 2.05) is 25.1 Å². The number of rotatable bonds is 6. The van der Waals surface area contributed by atoms with Gasteiger partial charge >= 0.3 is 5.97 Å². The minimum atomic E-state index is -0.837. The maximum absolute atomic E-state index is 11.5. The fraction of sp³-hybridized carbons (Fsp3) is 0.188. The van der Waals surface area contributed by atoms with Crippen LogP contribution < -0.4 is 0 Å². The largest absolute Gasteiger partial charge is 0.481 e. The molecule has 0 aliphatic heterocycles. The van der Waals surface area contributed by atoms with Gasteiger partial charge < -0.3 is 5.11 Å². The maximum atomic E-state index is 11.5. The Labute approximate surface area is 127 Å². The molecule has 0 unspecified atom stereocenters. The highest BCUT2D eigenvalue weighted by Crippen LogP contribution is 2.27. The molecule has 0 saturated carbocycles. The summed E-state index contributed by atoms with van der Waals surface area (Å²) in [5.41, 5.74) is 1.26. The Hall–Kier alpha value is -2.14. The van der Waals surface area contributed by atoms with E-state index in [9.17, 15) is 9.59 Å². The van der Waals surface area contributed by atoms with Crippen LogP contribution in [0.4, 0.5) is 0 Å². The number of carbonyl (C=O) groups is 2. The summed E-state index contributed by atoms with van der Waals surface area (Å²) in [5, 5.41) is 8.72. The van der Waals surface area contributed by atoms with E-state index in [-0.39, 0.29) is 12.2 Å². The zero-order chi connectivity index (χ0) is 15.2. The van der Waals surface area contributed by atoms with E-state index in [4.69, 9.17) is 5.11 Å². The van der Waals surface area contributed by atoms with Crippen molar-refractivity contribution in [3.63, 3.8) is 0 Å². The molecule has 0 radical (unpaired) electrons. The Morgan fingerprint density at radius 1 is 1.10 bits per heavy atom. The summed E-state index contributed by atoms with van der Waals surface area (Å²) >= 11 is 1.52. The van der Waals surface area contributed by atoms with Crippen molar-refractivity contribution in [3.05, 3.63) is 53.9 Å². The van der Waals surface area contributed by atoms with Crippen molar-refractivity contribution in [2.45, 2.75) is 29.6 Å². The van der Waals surface area contributed by atoms with Crippen molar-refractivity contribution in [3.8, 4) is 0 Å². The second kappa shape index (κ2) is 7.04. The van der Waals surface area contributed by atoms with Gasteiger partial charge in [0.1, 0.15) is 5.69 Å². The molecule has 1 aromatic carbocycles. The Bertz CT molecular complexity index is 636. The molecule has 0 spiro atoms. The molecular weight excluding hydrogens is 286 g/mol. The molecule has 108 valence electrons. The lowest BCUT2D eigenvalue weighted by Crippen LogP contribution is -1.99. The highest BCUT2D eigenvalue weighted by atomic mass is 32.2. The molecule has 0 fully saturated rings. The second-order valence-corrected chi connectivity index (χ2v) is 5.62. The summed E-state index contributed by atoms with van der Waals surface area (Å²) < 4.78 is 0. The fourth-order valence-corrected chi connectivity index (χ4v) is 2.56. The van der Waals surface area contributed by atoms with E-state index in [0.29, 0.717) is 12.1 Å². The van der Waals surface area contributed by atoms with Crippen LogP contribution in [0.2, 0.25) is 0 Å². The zero-order valence-corrected chi connectivity index (χ0v) is 12.4. The maximum Gasteiger partial charge on any atom is 0.307 e. The van der Waals surface area contributed by atoms with Crippen LogP contribution in [0.5, 0.6) is 0 Å². The van der Waals surface area contributed by atoms with Crippen LogP contribution in [0.3, 0.4) is 0 Å². The molecule has 0 aliphatic carbocycles. The number of carboxylic acid groups (broad SMARTS) is 1. The molecule has 1 heterocycles. The zero-order valence-electron chi connectivity index (χ0n) is 11.6. The van der Waals surface area contributed by atoms with Crippen molar-refractivity contribution >= 4 is 23.5 Å². The number of aliphatic carboxylic acids is 1. The van der Waals surface area contributed by atoms with Crippen LogP contribution in [-0.2, 0) is 11.2 Å². The Morgan fingerprint density at radius 2 is 1.76 bits per heavy atom. The third-order valence-electron chi connectivity index (χ3n) is 2.86. The van der Waals surface area contributed by atoms with Crippen LogP contribution in [0.25, 0.3) is 0 Å². The first-order valence-corrected chi connectivity index (χ1v) is 7.38. The molecule has 1 N–H and O–H groups in total. The molecule has 1 aromatic heterocycles. The highest BCUT2D eigenvalue weighted by Gasteiger charge is 2.05. The topological polar surface area (TPSA) is 67.3 Å². The van der Waals surface area contributed by atoms with Crippen molar-refractivity contribution in [1.29, 1.82) is 0 Å². The van der Waals surface area contributed by atoms with E-state index in [2.05, 4.69) is 4.98 Å². The summed E-state index contributed by atoms with van der Waals surface area (Å²) in [4.78, 5) is 28.2. The number of hydrogen-bond donors (Lipinski definition) is 1. The molecule has 4 nitrogen and oxygen atoms in total. The first-order chi connectivity index (χ1) is 10.1. The third-order valence-corrected chi connectivity index (χ3v) is 3.84. The van der Waals surface area contributed by atoms with Crippen LogP contribution in [0, 0.1) is 0 Å². The van der Waals surface area contributed by atoms with Crippen molar-refractivity contribution in [2.24, 2.45) is 0 Å². The minimum absolute atomic E-state index is 0.0281. The number of carbonyl (C=O) groups excluding carboxylic acids is 1. The van der Waals surface area contributed by atoms with Gasteiger partial charge in [0, 0.05) is 22.4 Å². The average molecular weight is 301 g/mol. The Balaban J connectivity index is 2.04. The molecule has 21 heavy (non-hydrogen) atoms. The van der Waals surface area contributed by atoms with Gasteiger partial charge in [0.05, 0.1) is 6.42 Å².